The van der Waals surface area contributed by atoms with E-state index in [9.17, 15) is 10.2 Å². The zero-order valence-electron chi connectivity index (χ0n) is 36.0. The summed E-state index contributed by atoms with van der Waals surface area (Å²) >= 11 is 33.4. The summed E-state index contributed by atoms with van der Waals surface area (Å²) in [6.45, 7) is 14.1. The van der Waals surface area contributed by atoms with Gasteiger partial charge in [0, 0.05) is 81.3 Å². The van der Waals surface area contributed by atoms with Crippen LogP contribution >= 0.6 is 69.6 Å². The number of rotatable bonds is 12. The van der Waals surface area contributed by atoms with E-state index in [0.717, 1.165) is 43.0 Å². The van der Waals surface area contributed by atoms with Gasteiger partial charge in [0.2, 0.25) is 22.5 Å². The molecule has 0 saturated carbocycles. The molecule has 6 heterocycles. The topological polar surface area (TPSA) is 251 Å². The van der Waals surface area contributed by atoms with E-state index >= 15 is 0 Å². The molecule has 0 aliphatic carbocycles. The van der Waals surface area contributed by atoms with E-state index in [1.54, 1.807) is 26.8 Å². The third-order valence-electron chi connectivity index (χ3n) is 8.56. The average molecular weight is 1020 g/mol. The van der Waals surface area contributed by atoms with Crippen molar-refractivity contribution in [3.8, 4) is 11.3 Å². The summed E-state index contributed by atoms with van der Waals surface area (Å²) in [7, 11) is 0. The van der Waals surface area contributed by atoms with Crippen molar-refractivity contribution >= 4 is 105 Å². The molecule has 8 N–H and O–H groups in total. The van der Waals surface area contributed by atoms with E-state index in [4.69, 9.17) is 94.9 Å². The second-order valence-electron chi connectivity index (χ2n) is 14.4. The minimum Gasteiger partial charge on any atom is -0.399 e. The first-order chi connectivity index (χ1) is 30.9. The van der Waals surface area contributed by atoms with Gasteiger partial charge in [-0.25, -0.2) is 29.9 Å². The van der Waals surface area contributed by atoms with Crippen LogP contribution < -0.4 is 31.5 Å². The van der Waals surface area contributed by atoms with Crippen LogP contribution in [0.3, 0.4) is 0 Å². The quantitative estimate of drug-likeness (QED) is 0.0404. The van der Waals surface area contributed by atoms with Crippen molar-refractivity contribution in [3.63, 3.8) is 0 Å². The first kappa shape index (κ1) is 53.5. The second kappa shape index (κ2) is 27.5. The molecule has 0 spiro atoms. The Morgan fingerprint density at radius 1 is 0.554 bits per heavy atom. The number of aliphatic hydroxyl groups excluding tert-OH is 3. The number of anilines is 6. The van der Waals surface area contributed by atoms with Crippen molar-refractivity contribution < 1.29 is 24.8 Å². The van der Waals surface area contributed by atoms with Crippen molar-refractivity contribution in [2.75, 3.05) is 104 Å². The highest BCUT2D eigenvalue weighted by Crippen LogP contribution is 2.28. The van der Waals surface area contributed by atoms with Crippen molar-refractivity contribution in [2.24, 2.45) is 0 Å². The molecular weight excluding hydrogens is 969 g/mol. The molecule has 5 aromatic rings. The number of ether oxygens (including phenoxy) is 2. The molecule has 25 heteroatoms. The molecule has 0 radical (unpaired) electrons. The number of nitrogens with one attached hydrogen (secondary N) is 3. The van der Waals surface area contributed by atoms with Crippen molar-refractivity contribution in [1.29, 1.82) is 0 Å². The Hall–Kier alpha value is -4.12. The lowest BCUT2D eigenvalue weighted by Crippen LogP contribution is -2.37. The van der Waals surface area contributed by atoms with Crippen molar-refractivity contribution in [2.45, 2.75) is 46.0 Å². The molecule has 2 saturated heterocycles. The fourth-order valence-electron chi connectivity index (χ4n) is 5.49. The summed E-state index contributed by atoms with van der Waals surface area (Å²) in [4.78, 5) is 36.8. The molecule has 2 aliphatic rings. The van der Waals surface area contributed by atoms with Gasteiger partial charge < -0.3 is 56.3 Å². The zero-order chi connectivity index (χ0) is 47.5. The molecule has 2 aliphatic heterocycles. The Balaban J connectivity index is 0.000000203. The number of halogens is 6. The van der Waals surface area contributed by atoms with Gasteiger partial charge in [-0.15, -0.1) is 0 Å². The lowest BCUT2D eigenvalue weighted by Gasteiger charge is -2.27. The van der Waals surface area contributed by atoms with E-state index in [1.807, 2.05) is 36.1 Å². The van der Waals surface area contributed by atoms with Crippen LogP contribution in [0, 0.1) is 6.92 Å². The SMILES string of the molecule is C[C@@H](O)CNc1cc(Cl)nc(Cl)n1.C[C@@H](O)CNc1cc(Cl)nc(N2CCOCC2)n1.Cc1ccc(N)cc1-c1cc(NC[C@@H](C)O)nc(N2CCOCC2)n1.Clc1cc(Cl)nc(Cl)n1. The average Bonchev–Trinajstić information content (AvgIpc) is 3.25. The lowest BCUT2D eigenvalue weighted by molar-refractivity contribution is 0.122. The Morgan fingerprint density at radius 3 is 1.40 bits per heavy atom. The standard InChI is InChI=1S/C18H25N5O2.C11H17ClN4O2.C7H9Cl2N3O.C4HCl3N2/c1-12-3-4-14(19)9-15(12)16-10-17(20-11-13(2)24)22-18(21-16)23-5-7-25-8-6-23;1-8(17)7-13-10-6-9(12)14-11(15-10)16-2-4-18-5-3-16;1-4(13)3-10-6-2-5(8)11-7(9)12-6;5-2-1-3(6)9-4(7)8-2/h3-4,9-10,13,24H,5-8,11,19H2,1-2H3,(H,20,21,22);6,8,17H,2-5,7H2,1H3,(H,13,14,15);2,4,13H,3H2,1H3,(H,10,11,12);1H/t13-;8-;4-;/m111./s1. The number of hydrogen-bond donors (Lipinski definition) is 7. The normalized spacial score (nSPS) is 14.8. The van der Waals surface area contributed by atoms with E-state index in [1.165, 1.54) is 12.1 Å². The van der Waals surface area contributed by atoms with Gasteiger partial charge in [0.05, 0.1) is 50.4 Å². The highest BCUT2D eigenvalue weighted by atomic mass is 35.5. The van der Waals surface area contributed by atoms with Crippen molar-refractivity contribution in [1.82, 2.24) is 39.9 Å². The van der Waals surface area contributed by atoms with Crippen LogP contribution in [-0.4, -0.2) is 146 Å². The van der Waals surface area contributed by atoms with E-state index < -0.39 is 18.3 Å². The van der Waals surface area contributed by atoms with Gasteiger partial charge in [-0.2, -0.15) is 9.97 Å². The number of aryl methyl sites for hydroxylation is 1. The number of aromatic nitrogens is 8. The van der Waals surface area contributed by atoms with Crippen LogP contribution in [0.1, 0.15) is 26.3 Å². The Kier molecular flexibility index (Phi) is 22.6. The number of nitrogens with two attached hydrogens (primary N) is 1. The third-order valence-corrected chi connectivity index (χ3v) is 9.68. The monoisotopic (exact) mass is 1020 g/mol. The predicted octanol–water partition coefficient (Wildman–Crippen LogP) is 6.44. The molecule has 1 aromatic carbocycles. The fraction of sp³-hybridized carbons (Fsp3) is 0.450. The number of benzene rings is 1. The zero-order valence-corrected chi connectivity index (χ0v) is 40.6. The number of aliphatic hydroxyl groups is 3. The number of nitrogen functional groups attached to an aromatic ring is 1. The predicted molar refractivity (Wildman–Crippen MR) is 259 cm³/mol. The third kappa shape index (κ3) is 20.1. The summed E-state index contributed by atoms with van der Waals surface area (Å²) in [5, 5.41) is 38.1. The van der Waals surface area contributed by atoms with Gasteiger partial charge in [-0.1, -0.05) is 52.5 Å². The molecule has 0 unspecified atom stereocenters. The summed E-state index contributed by atoms with van der Waals surface area (Å²) < 4.78 is 10.7. The number of morpholine rings is 2. The molecule has 4 aromatic heterocycles. The minimum absolute atomic E-state index is 0.0625. The molecule has 7 rings (SSSR count). The van der Waals surface area contributed by atoms with Crippen LogP contribution in [0.5, 0.6) is 0 Å². The Morgan fingerprint density at radius 2 is 0.954 bits per heavy atom. The van der Waals surface area contributed by atoms with Crippen LogP contribution in [0.2, 0.25) is 31.2 Å². The second-order valence-corrected chi connectivity index (χ2v) is 16.6. The van der Waals surface area contributed by atoms with Crippen molar-refractivity contribution in [3.05, 3.63) is 79.2 Å². The Bertz CT molecular complexity index is 2170. The highest BCUT2D eigenvalue weighted by molar-refractivity contribution is 6.35. The van der Waals surface area contributed by atoms with Crippen LogP contribution in [0.4, 0.5) is 35.0 Å². The molecule has 0 bridgehead atoms. The van der Waals surface area contributed by atoms with Gasteiger partial charge >= 0.3 is 0 Å². The lowest BCUT2D eigenvalue weighted by atomic mass is 10.0. The smallest absolute Gasteiger partial charge is 0.228 e. The minimum atomic E-state index is -0.459. The summed E-state index contributed by atoms with van der Waals surface area (Å²) in [6.07, 6.45) is -1.35. The number of hydrogen-bond acceptors (Lipinski definition) is 19. The van der Waals surface area contributed by atoms with Crippen LogP contribution in [-0.2, 0) is 9.47 Å². The maximum atomic E-state index is 9.55. The molecule has 354 valence electrons. The van der Waals surface area contributed by atoms with E-state index in [2.05, 4.69) is 55.7 Å². The van der Waals surface area contributed by atoms with Gasteiger partial charge in [0.15, 0.2) is 0 Å². The van der Waals surface area contributed by atoms with Gasteiger partial charge in [-0.05, 0) is 68.6 Å². The van der Waals surface area contributed by atoms with Crippen LogP contribution in [0.25, 0.3) is 11.3 Å². The molecule has 2 fully saturated rings. The maximum Gasteiger partial charge on any atom is 0.228 e. The number of nitrogens with zero attached hydrogens (tertiary/aromatic N) is 10. The van der Waals surface area contributed by atoms with Gasteiger partial charge in [-0.3, -0.25) is 0 Å². The molecule has 19 nitrogen and oxygen atoms in total. The van der Waals surface area contributed by atoms with E-state index in [0.29, 0.717) is 86.3 Å². The highest BCUT2D eigenvalue weighted by Gasteiger charge is 2.18. The summed E-state index contributed by atoms with van der Waals surface area (Å²) in [6, 6.07) is 12.3. The van der Waals surface area contributed by atoms with E-state index in [-0.39, 0.29) is 26.0 Å². The Labute approximate surface area is 407 Å². The molecule has 3 atom stereocenters. The summed E-state index contributed by atoms with van der Waals surface area (Å²) in [5.41, 5.74) is 9.56. The first-order valence-corrected chi connectivity index (χ1v) is 22.5. The first-order valence-electron chi connectivity index (χ1n) is 20.2. The van der Waals surface area contributed by atoms with Gasteiger partial charge in [0.25, 0.3) is 0 Å². The largest absolute Gasteiger partial charge is 0.399 e. The summed E-state index contributed by atoms with van der Waals surface area (Å²) in [5.74, 6) is 3.08. The fourth-order valence-corrected chi connectivity index (χ4v) is 6.76. The molecular formula is C40H52Cl6N14O5. The maximum absolute atomic E-state index is 9.55. The van der Waals surface area contributed by atoms with Crippen LogP contribution in [0.15, 0.2) is 42.5 Å². The molecule has 0 amide bonds. The van der Waals surface area contributed by atoms with Gasteiger partial charge in [0.1, 0.15) is 38.1 Å². The molecule has 65 heavy (non-hydrogen) atoms.